The number of sulfonamides is 1. The first-order valence-electron chi connectivity index (χ1n) is 6.33. The van der Waals surface area contributed by atoms with E-state index in [1.807, 2.05) is 0 Å². The summed E-state index contributed by atoms with van der Waals surface area (Å²) in [6, 6.07) is 0. The third-order valence-electron chi connectivity index (χ3n) is 3.70. The lowest BCUT2D eigenvalue weighted by atomic mass is 9.96. The smallest absolute Gasteiger partial charge is 0.211 e. The lowest BCUT2D eigenvalue weighted by Crippen LogP contribution is -2.35. The van der Waals surface area contributed by atoms with Crippen LogP contribution in [0.5, 0.6) is 0 Å². The Morgan fingerprint density at radius 2 is 1.53 bits per heavy atom. The maximum absolute atomic E-state index is 11.5. The minimum Gasteiger partial charge on any atom is -0.302 e. The average Bonchev–Trinajstić information content (AvgIpc) is 2.55. The van der Waals surface area contributed by atoms with E-state index in [1.165, 1.54) is 6.26 Å². The van der Waals surface area contributed by atoms with Crippen LogP contribution >= 0.6 is 0 Å². The van der Waals surface area contributed by atoms with E-state index in [4.69, 9.17) is 0 Å². The van der Waals surface area contributed by atoms with Crippen molar-refractivity contribution in [3.8, 4) is 0 Å². The standard InChI is InChI=1S/C12H24N2O2S/c1-12(2,3)9-13-5-10-7-14(17(4,15)16)8-11(10)6-13/h10-11H,5-9H2,1-4H3. The molecule has 4 nitrogen and oxygen atoms in total. The molecule has 0 bridgehead atoms. The molecule has 2 saturated heterocycles. The van der Waals surface area contributed by atoms with Gasteiger partial charge in [-0.3, -0.25) is 0 Å². The Morgan fingerprint density at radius 3 is 1.88 bits per heavy atom. The molecule has 0 saturated carbocycles. The third-order valence-corrected chi connectivity index (χ3v) is 4.93. The molecule has 17 heavy (non-hydrogen) atoms. The molecule has 0 aromatic heterocycles. The normalized spacial score (nSPS) is 32.0. The molecule has 2 aliphatic heterocycles. The summed E-state index contributed by atoms with van der Waals surface area (Å²) in [7, 11) is -2.98. The predicted octanol–water partition coefficient (Wildman–Crippen LogP) is 0.856. The largest absolute Gasteiger partial charge is 0.302 e. The van der Waals surface area contributed by atoms with Crippen molar-refractivity contribution in [2.45, 2.75) is 20.8 Å². The lowest BCUT2D eigenvalue weighted by molar-refractivity contribution is 0.209. The van der Waals surface area contributed by atoms with Crippen LogP contribution in [0.1, 0.15) is 20.8 Å². The summed E-state index contributed by atoms with van der Waals surface area (Å²) in [6.07, 6.45) is 1.32. The van der Waals surface area contributed by atoms with Crippen molar-refractivity contribution < 1.29 is 8.42 Å². The second-order valence-corrected chi connectivity index (χ2v) is 8.84. The first-order chi connectivity index (χ1) is 7.65. The molecule has 100 valence electrons. The highest BCUT2D eigenvalue weighted by molar-refractivity contribution is 7.88. The number of hydrogen-bond donors (Lipinski definition) is 0. The quantitative estimate of drug-likeness (QED) is 0.739. The first-order valence-corrected chi connectivity index (χ1v) is 8.17. The maximum atomic E-state index is 11.5. The van der Waals surface area contributed by atoms with Gasteiger partial charge >= 0.3 is 0 Å². The molecule has 2 unspecified atom stereocenters. The van der Waals surface area contributed by atoms with Crippen molar-refractivity contribution in [2.24, 2.45) is 17.3 Å². The summed E-state index contributed by atoms with van der Waals surface area (Å²) in [5.74, 6) is 1.10. The minimum atomic E-state index is -2.98. The van der Waals surface area contributed by atoms with E-state index in [-0.39, 0.29) is 0 Å². The van der Waals surface area contributed by atoms with Crippen molar-refractivity contribution in [3.63, 3.8) is 0 Å². The summed E-state index contributed by atoms with van der Waals surface area (Å²) in [5.41, 5.74) is 0.329. The van der Waals surface area contributed by atoms with Crippen molar-refractivity contribution in [1.29, 1.82) is 0 Å². The Labute approximate surface area is 105 Å². The average molecular weight is 260 g/mol. The molecule has 0 spiro atoms. The Kier molecular flexibility index (Phi) is 3.30. The summed E-state index contributed by atoms with van der Waals surface area (Å²) < 4.78 is 24.6. The summed E-state index contributed by atoms with van der Waals surface area (Å²) in [5, 5.41) is 0. The van der Waals surface area contributed by atoms with Crippen LogP contribution in [0.15, 0.2) is 0 Å². The van der Waals surface area contributed by atoms with Crippen LogP contribution < -0.4 is 0 Å². The SMILES string of the molecule is CC(C)(C)CN1CC2CN(S(C)(=O)=O)CC2C1. The second-order valence-electron chi connectivity index (χ2n) is 6.85. The monoisotopic (exact) mass is 260 g/mol. The fourth-order valence-electron chi connectivity index (χ4n) is 3.12. The van der Waals surface area contributed by atoms with Gasteiger partial charge in [-0.15, -0.1) is 0 Å². The van der Waals surface area contributed by atoms with Crippen LogP contribution in [0.2, 0.25) is 0 Å². The van der Waals surface area contributed by atoms with E-state index in [0.717, 1.165) is 32.7 Å². The van der Waals surface area contributed by atoms with Gasteiger partial charge in [-0.2, -0.15) is 0 Å². The van der Waals surface area contributed by atoms with E-state index >= 15 is 0 Å². The van der Waals surface area contributed by atoms with Gasteiger partial charge in [0.1, 0.15) is 0 Å². The zero-order valence-corrected chi connectivity index (χ0v) is 12.1. The summed E-state index contributed by atoms with van der Waals surface area (Å²) in [6.45, 7) is 11.5. The summed E-state index contributed by atoms with van der Waals surface area (Å²) >= 11 is 0. The van der Waals surface area contributed by atoms with E-state index in [0.29, 0.717) is 17.3 Å². The molecule has 2 aliphatic rings. The van der Waals surface area contributed by atoms with Crippen LogP contribution in [0.3, 0.4) is 0 Å². The molecule has 2 atom stereocenters. The highest BCUT2D eigenvalue weighted by Crippen LogP contribution is 2.33. The van der Waals surface area contributed by atoms with Crippen LogP contribution in [-0.2, 0) is 10.0 Å². The minimum absolute atomic E-state index is 0.329. The van der Waals surface area contributed by atoms with E-state index in [2.05, 4.69) is 25.7 Å². The van der Waals surface area contributed by atoms with Gasteiger partial charge in [0.2, 0.25) is 10.0 Å². The zero-order chi connectivity index (χ0) is 12.8. The highest BCUT2D eigenvalue weighted by Gasteiger charge is 2.43. The van der Waals surface area contributed by atoms with Gasteiger partial charge in [-0.25, -0.2) is 12.7 Å². The van der Waals surface area contributed by atoms with E-state index in [1.54, 1.807) is 4.31 Å². The van der Waals surface area contributed by atoms with Crippen molar-refractivity contribution in [3.05, 3.63) is 0 Å². The fourth-order valence-corrected chi connectivity index (χ4v) is 4.04. The Morgan fingerprint density at radius 1 is 1.06 bits per heavy atom. The number of nitrogens with zero attached hydrogens (tertiary/aromatic N) is 2. The Balaban J connectivity index is 1.92. The van der Waals surface area contributed by atoms with E-state index in [9.17, 15) is 8.42 Å². The van der Waals surface area contributed by atoms with Crippen molar-refractivity contribution in [2.75, 3.05) is 39.0 Å². The molecule has 0 aliphatic carbocycles. The fraction of sp³-hybridized carbons (Fsp3) is 1.00. The van der Waals surface area contributed by atoms with Crippen LogP contribution in [0.25, 0.3) is 0 Å². The van der Waals surface area contributed by atoms with Gasteiger partial charge in [0.15, 0.2) is 0 Å². The molecular formula is C12H24N2O2S. The molecule has 2 heterocycles. The zero-order valence-electron chi connectivity index (χ0n) is 11.3. The van der Waals surface area contributed by atoms with Crippen LogP contribution in [-0.4, -0.2) is 56.6 Å². The highest BCUT2D eigenvalue weighted by atomic mass is 32.2. The molecule has 2 rings (SSSR count). The number of fused-ring (bicyclic) bond motifs is 1. The molecule has 0 amide bonds. The molecular weight excluding hydrogens is 236 g/mol. The van der Waals surface area contributed by atoms with Gasteiger partial charge in [0, 0.05) is 32.7 Å². The number of rotatable bonds is 2. The summed E-state index contributed by atoms with van der Waals surface area (Å²) in [4.78, 5) is 2.49. The van der Waals surface area contributed by atoms with Gasteiger partial charge in [0.05, 0.1) is 6.26 Å². The van der Waals surface area contributed by atoms with Crippen molar-refractivity contribution in [1.82, 2.24) is 9.21 Å². The third kappa shape index (κ3) is 3.20. The van der Waals surface area contributed by atoms with Gasteiger partial charge in [0.25, 0.3) is 0 Å². The molecule has 5 heteroatoms. The lowest BCUT2D eigenvalue weighted by Gasteiger charge is -2.27. The van der Waals surface area contributed by atoms with E-state index < -0.39 is 10.0 Å². The molecule has 0 aromatic rings. The van der Waals surface area contributed by atoms with Gasteiger partial charge in [-0.1, -0.05) is 20.8 Å². The number of hydrogen-bond acceptors (Lipinski definition) is 3. The molecule has 0 N–H and O–H groups in total. The van der Waals surface area contributed by atoms with Crippen LogP contribution in [0, 0.1) is 17.3 Å². The Hall–Kier alpha value is -0.130. The molecule has 2 fully saturated rings. The van der Waals surface area contributed by atoms with Crippen LogP contribution in [0.4, 0.5) is 0 Å². The molecule has 0 radical (unpaired) electrons. The maximum Gasteiger partial charge on any atom is 0.211 e. The Bertz CT molecular complexity index is 372. The van der Waals surface area contributed by atoms with Gasteiger partial charge in [-0.05, 0) is 17.3 Å². The first kappa shape index (κ1) is 13.3. The topological polar surface area (TPSA) is 40.6 Å². The van der Waals surface area contributed by atoms with Crippen molar-refractivity contribution >= 4 is 10.0 Å². The second kappa shape index (κ2) is 4.21. The van der Waals surface area contributed by atoms with Gasteiger partial charge < -0.3 is 4.90 Å². The molecule has 0 aromatic carbocycles. The number of likely N-dealkylation sites (tertiary alicyclic amines) is 1. The predicted molar refractivity (Wildman–Crippen MR) is 69.3 cm³/mol.